The molecule has 0 saturated heterocycles. The van der Waals surface area contributed by atoms with E-state index in [0.717, 1.165) is 19.1 Å². The molecule has 20 heavy (non-hydrogen) atoms. The fourth-order valence-electron chi connectivity index (χ4n) is 2.38. The summed E-state index contributed by atoms with van der Waals surface area (Å²) in [5.41, 5.74) is 2.76. The summed E-state index contributed by atoms with van der Waals surface area (Å²) >= 11 is 3.73. The first-order valence-electron chi connectivity index (χ1n) is 7.88. The van der Waals surface area contributed by atoms with Crippen molar-refractivity contribution < 1.29 is 0 Å². The first kappa shape index (κ1) is 16.0. The molecule has 0 unspecified atom stereocenters. The van der Waals surface area contributed by atoms with E-state index in [1.165, 1.54) is 54.2 Å². The van der Waals surface area contributed by atoms with Gasteiger partial charge >= 0.3 is 0 Å². The molecule has 1 fully saturated rings. The Bertz CT molecular complexity index is 415. The summed E-state index contributed by atoms with van der Waals surface area (Å²) in [6, 6.07) is 7.57. The summed E-state index contributed by atoms with van der Waals surface area (Å²) in [6.45, 7) is 5.47. The monoisotopic (exact) mass is 338 g/mol. The van der Waals surface area contributed by atoms with Crippen LogP contribution in [-0.4, -0.2) is 24.5 Å². The number of rotatable bonds is 9. The Morgan fingerprint density at radius 1 is 1.30 bits per heavy atom. The molecule has 0 spiro atoms. The lowest BCUT2D eigenvalue weighted by molar-refractivity contribution is 0.317. The Morgan fingerprint density at radius 2 is 2.10 bits per heavy atom. The van der Waals surface area contributed by atoms with Crippen molar-refractivity contribution in [3.8, 4) is 0 Å². The number of hydrogen-bond acceptors (Lipinski definition) is 2. The van der Waals surface area contributed by atoms with Crippen molar-refractivity contribution in [1.82, 2.24) is 10.2 Å². The minimum atomic E-state index is 0.776. The summed E-state index contributed by atoms with van der Waals surface area (Å²) in [4.78, 5) is 2.41. The first-order valence-corrected chi connectivity index (χ1v) is 8.67. The van der Waals surface area contributed by atoms with Gasteiger partial charge in [-0.1, -0.05) is 47.8 Å². The van der Waals surface area contributed by atoms with E-state index >= 15 is 0 Å². The van der Waals surface area contributed by atoms with Crippen LogP contribution >= 0.6 is 15.9 Å². The van der Waals surface area contributed by atoms with E-state index in [1.54, 1.807) is 0 Å². The van der Waals surface area contributed by atoms with Crippen LogP contribution in [0.4, 0.5) is 0 Å². The van der Waals surface area contributed by atoms with E-state index in [1.807, 2.05) is 0 Å². The van der Waals surface area contributed by atoms with Gasteiger partial charge in [0.1, 0.15) is 0 Å². The van der Waals surface area contributed by atoms with Gasteiger partial charge in [0.15, 0.2) is 0 Å². The van der Waals surface area contributed by atoms with Crippen molar-refractivity contribution in [2.75, 3.05) is 13.6 Å². The average Bonchev–Trinajstić information content (AvgIpc) is 3.24. The Morgan fingerprint density at radius 3 is 2.75 bits per heavy atom. The first-order chi connectivity index (χ1) is 9.69. The highest BCUT2D eigenvalue weighted by Gasteiger charge is 2.19. The standard InChI is InChI=1S/C17H27BrN2/c1-3-4-5-10-20(2)13-15-7-6-14(11-17(15)18)12-19-16-8-9-16/h6-7,11,16,19H,3-5,8-10,12-13H2,1-2H3. The van der Waals surface area contributed by atoms with Gasteiger partial charge in [-0.15, -0.1) is 0 Å². The SMILES string of the molecule is CCCCCN(C)Cc1ccc(CNC2CC2)cc1Br. The van der Waals surface area contributed by atoms with E-state index in [4.69, 9.17) is 0 Å². The smallest absolute Gasteiger partial charge is 0.0241 e. The zero-order valence-electron chi connectivity index (χ0n) is 12.8. The molecule has 0 heterocycles. The molecule has 1 aliphatic rings. The van der Waals surface area contributed by atoms with Crippen LogP contribution in [0.5, 0.6) is 0 Å². The van der Waals surface area contributed by atoms with Crippen molar-refractivity contribution in [3.05, 3.63) is 33.8 Å². The number of hydrogen-bond donors (Lipinski definition) is 1. The molecule has 1 aromatic rings. The number of nitrogens with one attached hydrogen (secondary N) is 1. The third-order valence-corrected chi connectivity index (χ3v) is 4.61. The van der Waals surface area contributed by atoms with Gasteiger partial charge < -0.3 is 10.2 Å². The van der Waals surface area contributed by atoms with Crippen molar-refractivity contribution in [3.63, 3.8) is 0 Å². The van der Waals surface area contributed by atoms with Crippen LogP contribution in [0.25, 0.3) is 0 Å². The zero-order chi connectivity index (χ0) is 14.4. The van der Waals surface area contributed by atoms with Gasteiger partial charge in [0.05, 0.1) is 0 Å². The maximum absolute atomic E-state index is 3.73. The van der Waals surface area contributed by atoms with E-state index < -0.39 is 0 Å². The van der Waals surface area contributed by atoms with E-state index in [9.17, 15) is 0 Å². The normalized spacial score (nSPS) is 15.0. The fraction of sp³-hybridized carbons (Fsp3) is 0.647. The summed E-state index contributed by atoms with van der Waals surface area (Å²) in [5.74, 6) is 0. The van der Waals surface area contributed by atoms with Crippen LogP contribution in [0.2, 0.25) is 0 Å². The molecule has 0 amide bonds. The highest BCUT2D eigenvalue weighted by molar-refractivity contribution is 9.10. The van der Waals surface area contributed by atoms with E-state index in [0.29, 0.717) is 0 Å². The minimum absolute atomic E-state index is 0.776. The molecule has 0 aliphatic heterocycles. The molecule has 3 heteroatoms. The number of benzene rings is 1. The lowest BCUT2D eigenvalue weighted by atomic mass is 10.1. The molecule has 0 atom stereocenters. The van der Waals surface area contributed by atoms with Gasteiger partial charge in [-0.25, -0.2) is 0 Å². The number of halogens is 1. The second-order valence-electron chi connectivity index (χ2n) is 6.03. The minimum Gasteiger partial charge on any atom is -0.310 e. The Balaban J connectivity index is 1.81. The average molecular weight is 339 g/mol. The topological polar surface area (TPSA) is 15.3 Å². The molecule has 1 aromatic carbocycles. The molecule has 1 N–H and O–H groups in total. The van der Waals surface area contributed by atoms with Gasteiger partial charge in [-0.2, -0.15) is 0 Å². The molecular weight excluding hydrogens is 312 g/mol. The number of unbranched alkanes of at least 4 members (excludes halogenated alkanes) is 2. The van der Waals surface area contributed by atoms with Crippen LogP contribution in [0.3, 0.4) is 0 Å². The van der Waals surface area contributed by atoms with Crippen LogP contribution in [-0.2, 0) is 13.1 Å². The Kier molecular flexibility index (Phi) is 6.53. The molecular formula is C17H27BrN2. The predicted octanol–water partition coefficient (Wildman–Crippen LogP) is 4.32. The lowest BCUT2D eigenvalue weighted by Crippen LogP contribution is -2.19. The maximum Gasteiger partial charge on any atom is 0.0241 e. The van der Waals surface area contributed by atoms with E-state index in [2.05, 4.69) is 58.3 Å². The Hall–Kier alpha value is -0.380. The van der Waals surface area contributed by atoms with Crippen molar-refractivity contribution in [1.29, 1.82) is 0 Å². The molecule has 2 nitrogen and oxygen atoms in total. The second-order valence-corrected chi connectivity index (χ2v) is 6.88. The highest BCUT2D eigenvalue weighted by Crippen LogP contribution is 2.22. The quantitative estimate of drug-likeness (QED) is 0.674. The van der Waals surface area contributed by atoms with Crippen molar-refractivity contribution in [2.45, 2.75) is 58.2 Å². The highest BCUT2D eigenvalue weighted by atomic mass is 79.9. The molecule has 0 bridgehead atoms. The van der Waals surface area contributed by atoms with Crippen molar-refractivity contribution in [2.24, 2.45) is 0 Å². The summed E-state index contributed by atoms with van der Waals surface area (Å²) < 4.78 is 1.25. The largest absolute Gasteiger partial charge is 0.310 e. The molecule has 1 saturated carbocycles. The van der Waals surface area contributed by atoms with Gasteiger partial charge in [0.2, 0.25) is 0 Å². The van der Waals surface area contributed by atoms with Crippen molar-refractivity contribution >= 4 is 15.9 Å². The van der Waals surface area contributed by atoms with Gasteiger partial charge in [0.25, 0.3) is 0 Å². The van der Waals surface area contributed by atoms with Gasteiger partial charge in [-0.3, -0.25) is 0 Å². The zero-order valence-corrected chi connectivity index (χ0v) is 14.4. The molecule has 112 valence electrons. The summed E-state index contributed by atoms with van der Waals surface area (Å²) in [7, 11) is 2.21. The third kappa shape index (κ3) is 5.55. The van der Waals surface area contributed by atoms with Crippen LogP contribution < -0.4 is 5.32 Å². The molecule has 2 rings (SSSR count). The molecule has 0 aromatic heterocycles. The second kappa shape index (κ2) is 8.16. The molecule has 0 radical (unpaired) electrons. The van der Waals surface area contributed by atoms with Gasteiger partial charge in [-0.05, 0) is 50.0 Å². The lowest BCUT2D eigenvalue weighted by Gasteiger charge is -2.18. The molecule has 1 aliphatic carbocycles. The third-order valence-electron chi connectivity index (χ3n) is 3.87. The van der Waals surface area contributed by atoms with Crippen LogP contribution in [0.1, 0.15) is 50.2 Å². The fourth-order valence-corrected chi connectivity index (χ4v) is 2.93. The van der Waals surface area contributed by atoms with E-state index in [-0.39, 0.29) is 0 Å². The summed E-state index contributed by atoms with van der Waals surface area (Å²) in [5, 5.41) is 3.56. The van der Waals surface area contributed by atoms with Crippen LogP contribution in [0.15, 0.2) is 22.7 Å². The van der Waals surface area contributed by atoms with Crippen LogP contribution in [0, 0.1) is 0 Å². The predicted molar refractivity (Wildman–Crippen MR) is 89.9 cm³/mol. The summed E-state index contributed by atoms with van der Waals surface area (Å²) in [6.07, 6.45) is 6.62. The number of nitrogens with zero attached hydrogens (tertiary/aromatic N) is 1. The maximum atomic E-state index is 3.73. The van der Waals surface area contributed by atoms with Gasteiger partial charge in [0, 0.05) is 23.6 Å². The Labute approximate surface area is 132 Å².